The van der Waals surface area contributed by atoms with Crippen molar-refractivity contribution in [1.82, 2.24) is 0 Å². The molecule has 0 spiro atoms. The first-order valence-electron chi connectivity index (χ1n) is 7.47. The molecule has 0 N–H and O–H groups in total. The van der Waals surface area contributed by atoms with Gasteiger partial charge in [0.25, 0.3) is 0 Å². The summed E-state index contributed by atoms with van der Waals surface area (Å²) in [7, 11) is 3.17. The van der Waals surface area contributed by atoms with Crippen molar-refractivity contribution in [3.8, 4) is 11.5 Å². The van der Waals surface area contributed by atoms with Crippen LogP contribution in [0.25, 0.3) is 0 Å². The van der Waals surface area contributed by atoms with E-state index in [1.807, 2.05) is 18.2 Å². The molecule has 0 radical (unpaired) electrons. The largest absolute Gasteiger partial charge is 0.493 e. The van der Waals surface area contributed by atoms with Gasteiger partial charge in [0.2, 0.25) is 0 Å². The standard InChI is InChI=1S/C19H20O3/c1-12-6-4-5-7-14(12)15-11-16(15)19(20)13-8-9-17(21-2)18(10-13)22-3/h4-10,15-16H,11H2,1-3H3. The van der Waals surface area contributed by atoms with Gasteiger partial charge >= 0.3 is 0 Å². The third-order valence-electron chi connectivity index (χ3n) is 4.38. The fourth-order valence-electron chi connectivity index (χ4n) is 3.03. The molecule has 2 aromatic rings. The number of benzene rings is 2. The van der Waals surface area contributed by atoms with Crippen molar-refractivity contribution in [3.63, 3.8) is 0 Å². The number of hydrogen-bond acceptors (Lipinski definition) is 3. The number of carbonyl (C=O) groups is 1. The van der Waals surface area contributed by atoms with E-state index in [4.69, 9.17) is 9.47 Å². The summed E-state index contributed by atoms with van der Waals surface area (Å²) in [6.07, 6.45) is 0.929. The average Bonchev–Trinajstić information content (AvgIpc) is 3.34. The zero-order chi connectivity index (χ0) is 15.7. The van der Waals surface area contributed by atoms with E-state index < -0.39 is 0 Å². The third-order valence-corrected chi connectivity index (χ3v) is 4.38. The van der Waals surface area contributed by atoms with Crippen molar-refractivity contribution < 1.29 is 14.3 Å². The summed E-state index contributed by atoms with van der Waals surface area (Å²) in [6, 6.07) is 13.7. The highest BCUT2D eigenvalue weighted by Gasteiger charge is 2.44. The molecule has 1 fully saturated rings. The van der Waals surface area contributed by atoms with Crippen LogP contribution >= 0.6 is 0 Å². The first-order valence-corrected chi connectivity index (χ1v) is 7.47. The SMILES string of the molecule is COc1ccc(C(=O)C2CC2c2ccccc2C)cc1OC. The molecule has 0 aromatic heterocycles. The first-order chi connectivity index (χ1) is 10.7. The number of methoxy groups -OCH3 is 2. The minimum Gasteiger partial charge on any atom is -0.493 e. The molecule has 2 atom stereocenters. The van der Waals surface area contributed by atoms with E-state index in [1.54, 1.807) is 26.4 Å². The number of Topliss-reactive ketones (excluding diaryl/α,β-unsaturated/α-hetero) is 1. The highest BCUT2D eigenvalue weighted by Crippen LogP contribution is 2.50. The van der Waals surface area contributed by atoms with Crippen molar-refractivity contribution in [1.29, 1.82) is 0 Å². The summed E-state index contributed by atoms with van der Waals surface area (Å²) in [5, 5.41) is 0. The van der Waals surface area contributed by atoms with Crippen LogP contribution in [0, 0.1) is 12.8 Å². The van der Waals surface area contributed by atoms with Gasteiger partial charge in [0.15, 0.2) is 17.3 Å². The highest BCUT2D eigenvalue weighted by molar-refractivity contribution is 6.00. The van der Waals surface area contributed by atoms with E-state index in [0.717, 1.165) is 6.42 Å². The Labute approximate surface area is 130 Å². The number of aryl methyl sites for hydroxylation is 1. The maximum Gasteiger partial charge on any atom is 0.166 e. The van der Waals surface area contributed by atoms with Crippen LogP contribution in [0.5, 0.6) is 11.5 Å². The zero-order valence-corrected chi connectivity index (χ0v) is 13.1. The van der Waals surface area contributed by atoms with E-state index in [9.17, 15) is 4.79 Å². The molecule has 0 amide bonds. The smallest absolute Gasteiger partial charge is 0.166 e. The highest BCUT2D eigenvalue weighted by atomic mass is 16.5. The molecule has 2 aromatic carbocycles. The first kappa shape index (κ1) is 14.6. The Morgan fingerprint density at radius 1 is 1.05 bits per heavy atom. The number of hydrogen-bond donors (Lipinski definition) is 0. The van der Waals surface area contributed by atoms with Gasteiger partial charge in [-0.05, 0) is 48.6 Å². The molecule has 3 heteroatoms. The quantitative estimate of drug-likeness (QED) is 0.782. The average molecular weight is 296 g/mol. The van der Waals surface area contributed by atoms with Crippen LogP contribution in [0.4, 0.5) is 0 Å². The van der Waals surface area contributed by atoms with Crippen LogP contribution in [0.15, 0.2) is 42.5 Å². The Bertz CT molecular complexity index is 706. The number of ketones is 1. The normalized spacial score (nSPS) is 19.6. The van der Waals surface area contributed by atoms with Crippen molar-refractivity contribution >= 4 is 5.78 Å². The molecule has 0 aliphatic heterocycles. The number of ether oxygens (including phenoxy) is 2. The van der Waals surface area contributed by atoms with Gasteiger partial charge in [0.1, 0.15) is 0 Å². The zero-order valence-electron chi connectivity index (χ0n) is 13.1. The van der Waals surface area contributed by atoms with Gasteiger partial charge in [-0.15, -0.1) is 0 Å². The molecule has 2 unspecified atom stereocenters. The lowest BCUT2D eigenvalue weighted by Crippen LogP contribution is -2.04. The van der Waals surface area contributed by atoms with E-state index in [2.05, 4.69) is 19.1 Å². The maximum absolute atomic E-state index is 12.7. The summed E-state index contributed by atoms with van der Waals surface area (Å²) in [5.41, 5.74) is 3.25. The van der Waals surface area contributed by atoms with Crippen LogP contribution in [0.2, 0.25) is 0 Å². The molecule has 3 rings (SSSR count). The molecule has 0 bridgehead atoms. The lowest BCUT2D eigenvalue weighted by atomic mass is 9.99. The second-order valence-electron chi connectivity index (χ2n) is 5.74. The van der Waals surface area contributed by atoms with E-state index in [1.165, 1.54) is 11.1 Å². The maximum atomic E-state index is 12.7. The van der Waals surface area contributed by atoms with Crippen molar-refractivity contribution in [2.24, 2.45) is 5.92 Å². The number of carbonyl (C=O) groups excluding carboxylic acids is 1. The Hall–Kier alpha value is -2.29. The fraction of sp³-hybridized carbons (Fsp3) is 0.316. The Morgan fingerprint density at radius 2 is 1.77 bits per heavy atom. The molecule has 1 saturated carbocycles. The summed E-state index contributed by atoms with van der Waals surface area (Å²) >= 11 is 0. The topological polar surface area (TPSA) is 35.5 Å². The lowest BCUT2D eigenvalue weighted by Gasteiger charge is -2.09. The minimum atomic E-state index is 0.0826. The summed E-state index contributed by atoms with van der Waals surface area (Å²) in [4.78, 5) is 12.7. The Balaban J connectivity index is 1.80. The van der Waals surface area contributed by atoms with Crippen molar-refractivity contribution in [2.45, 2.75) is 19.3 Å². The molecule has 1 aliphatic rings. The van der Waals surface area contributed by atoms with Gasteiger partial charge in [-0.1, -0.05) is 24.3 Å². The van der Waals surface area contributed by atoms with Crippen LogP contribution < -0.4 is 9.47 Å². The van der Waals surface area contributed by atoms with Gasteiger partial charge in [-0.2, -0.15) is 0 Å². The molecule has 114 valence electrons. The fourth-order valence-corrected chi connectivity index (χ4v) is 3.03. The summed E-state index contributed by atoms with van der Waals surface area (Å²) in [5.74, 6) is 1.86. The van der Waals surface area contributed by atoms with Gasteiger partial charge in [-0.3, -0.25) is 4.79 Å². The van der Waals surface area contributed by atoms with Crippen LogP contribution in [-0.2, 0) is 0 Å². The molecule has 22 heavy (non-hydrogen) atoms. The van der Waals surface area contributed by atoms with Gasteiger partial charge < -0.3 is 9.47 Å². The van der Waals surface area contributed by atoms with Gasteiger partial charge in [0.05, 0.1) is 14.2 Å². The van der Waals surface area contributed by atoms with Crippen LogP contribution in [-0.4, -0.2) is 20.0 Å². The van der Waals surface area contributed by atoms with Crippen molar-refractivity contribution in [3.05, 3.63) is 59.2 Å². The van der Waals surface area contributed by atoms with Gasteiger partial charge in [0, 0.05) is 11.5 Å². The molecule has 3 nitrogen and oxygen atoms in total. The monoisotopic (exact) mass is 296 g/mol. The summed E-state index contributed by atoms with van der Waals surface area (Å²) in [6.45, 7) is 2.10. The molecule has 0 saturated heterocycles. The number of rotatable bonds is 5. The van der Waals surface area contributed by atoms with E-state index in [0.29, 0.717) is 23.0 Å². The Morgan fingerprint density at radius 3 is 2.45 bits per heavy atom. The van der Waals surface area contributed by atoms with E-state index in [-0.39, 0.29) is 11.7 Å². The minimum absolute atomic E-state index is 0.0826. The van der Waals surface area contributed by atoms with Crippen LogP contribution in [0.3, 0.4) is 0 Å². The molecular weight excluding hydrogens is 276 g/mol. The second-order valence-corrected chi connectivity index (χ2v) is 5.74. The predicted molar refractivity (Wildman–Crippen MR) is 85.9 cm³/mol. The molecule has 0 heterocycles. The van der Waals surface area contributed by atoms with Gasteiger partial charge in [-0.25, -0.2) is 0 Å². The lowest BCUT2D eigenvalue weighted by molar-refractivity contribution is 0.0965. The summed E-state index contributed by atoms with van der Waals surface area (Å²) < 4.78 is 10.5. The Kier molecular flexibility index (Phi) is 3.88. The molecular formula is C19H20O3. The molecule has 1 aliphatic carbocycles. The van der Waals surface area contributed by atoms with Crippen molar-refractivity contribution in [2.75, 3.05) is 14.2 Å². The second kappa shape index (κ2) is 5.84. The third kappa shape index (κ3) is 2.59. The predicted octanol–water partition coefficient (Wildman–Crippen LogP) is 4.00. The van der Waals surface area contributed by atoms with Crippen LogP contribution in [0.1, 0.15) is 33.8 Å². The van der Waals surface area contributed by atoms with E-state index >= 15 is 0 Å².